The van der Waals surface area contributed by atoms with E-state index in [1.54, 1.807) is 0 Å². The van der Waals surface area contributed by atoms with Crippen LogP contribution in [0.15, 0.2) is 30.3 Å². The molecule has 23 heavy (non-hydrogen) atoms. The Morgan fingerprint density at radius 1 is 1.22 bits per heavy atom. The van der Waals surface area contributed by atoms with Crippen LogP contribution in [0.3, 0.4) is 0 Å². The van der Waals surface area contributed by atoms with E-state index in [0.717, 1.165) is 38.8 Å². The topological polar surface area (TPSA) is 49.4 Å². The predicted octanol–water partition coefficient (Wildman–Crippen LogP) is 3.09. The van der Waals surface area contributed by atoms with Gasteiger partial charge in [0.15, 0.2) is 0 Å². The van der Waals surface area contributed by atoms with Gasteiger partial charge in [0.25, 0.3) is 0 Å². The first kappa shape index (κ1) is 17.5. The minimum Gasteiger partial charge on any atom is -0.356 e. The summed E-state index contributed by atoms with van der Waals surface area (Å²) < 4.78 is 0. The van der Waals surface area contributed by atoms with Crippen molar-refractivity contribution in [1.29, 1.82) is 0 Å². The molecule has 1 atom stereocenters. The van der Waals surface area contributed by atoms with Crippen molar-refractivity contribution >= 4 is 11.8 Å². The molecule has 2 amide bonds. The Bertz CT molecular complexity index is 501. The molecule has 1 saturated heterocycles. The summed E-state index contributed by atoms with van der Waals surface area (Å²) in [5.74, 6) is 0.582. The molecule has 1 N–H and O–H groups in total. The van der Waals surface area contributed by atoms with Crippen molar-refractivity contribution in [2.75, 3.05) is 19.6 Å². The molecule has 0 aliphatic carbocycles. The molecule has 1 fully saturated rings. The summed E-state index contributed by atoms with van der Waals surface area (Å²) in [5, 5.41) is 2.98. The molecule has 4 nitrogen and oxygen atoms in total. The number of rotatable bonds is 7. The second-order valence-electron chi connectivity index (χ2n) is 6.41. The van der Waals surface area contributed by atoms with Crippen LogP contribution in [0.4, 0.5) is 0 Å². The van der Waals surface area contributed by atoms with Crippen LogP contribution in [0.1, 0.15) is 56.9 Å². The number of carbonyl (C=O) groups excluding carboxylic acids is 2. The summed E-state index contributed by atoms with van der Waals surface area (Å²) in [4.78, 5) is 25.8. The first-order chi connectivity index (χ1) is 11.2. The van der Waals surface area contributed by atoms with Crippen LogP contribution in [0.25, 0.3) is 0 Å². The third-order valence-corrected chi connectivity index (χ3v) is 4.46. The van der Waals surface area contributed by atoms with E-state index >= 15 is 0 Å². The fourth-order valence-electron chi connectivity index (χ4n) is 3.02. The van der Waals surface area contributed by atoms with Gasteiger partial charge in [0.2, 0.25) is 11.8 Å². The van der Waals surface area contributed by atoms with Crippen molar-refractivity contribution in [2.45, 2.75) is 51.4 Å². The second kappa shape index (κ2) is 9.33. The number of hydrogen-bond acceptors (Lipinski definition) is 2. The Hall–Kier alpha value is -1.84. The smallest absolute Gasteiger partial charge is 0.222 e. The first-order valence-corrected chi connectivity index (χ1v) is 8.76. The molecule has 0 bridgehead atoms. The molecule has 0 aromatic heterocycles. The van der Waals surface area contributed by atoms with E-state index in [2.05, 4.69) is 24.4 Å². The highest BCUT2D eigenvalue weighted by Gasteiger charge is 2.16. The maximum absolute atomic E-state index is 12.0. The summed E-state index contributed by atoms with van der Waals surface area (Å²) in [6.45, 7) is 4.35. The minimum atomic E-state index is 0.0866. The van der Waals surface area contributed by atoms with Crippen LogP contribution in [-0.2, 0) is 9.59 Å². The molecular weight excluding hydrogens is 288 g/mol. The lowest BCUT2D eigenvalue weighted by Crippen LogP contribution is -2.34. The van der Waals surface area contributed by atoms with Gasteiger partial charge in [0.1, 0.15) is 0 Å². The van der Waals surface area contributed by atoms with Gasteiger partial charge >= 0.3 is 0 Å². The zero-order valence-electron chi connectivity index (χ0n) is 14.1. The maximum Gasteiger partial charge on any atom is 0.222 e. The Balaban J connectivity index is 1.64. The lowest BCUT2D eigenvalue weighted by molar-refractivity contribution is -0.130. The van der Waals surface area contributed by atoms with Crippen molar-refractivity contribution in [1.82, 2.24) is 10.2 Å². The van der Waals surface area contributed by atoms with Gasteiger partial charge in [-0.05, 0) is 30.7 Å². The largest absolute Gasteiger partial charge is 0.356 e. The zero-order valence-corrected chi connectivity index (χ0v) is 14.1. The quantitative estimate of drug-likeness (QED) is 0.786. The molecule has 1 aromatic carbocycles. The van der Waals surface area contributed by atoms with Gasteiger partial charge in [-0.15, -0.1) is 0 Å². The monoisotopic (exact) mass is 316 g/mol. The molecule has 1 unspecified atom stereocenters. The van der Waals surface area contributed by atoms with Crippen LogP contribution in [-0.4, -0.2) is 36.3 Å². The van der Waals surface area contributed by atoms with Gasteiger partial charge in [-0.1, -0.05) is 43.7 Å². The van der Waals surface area contributed by atoms with Crippen molar-refractivity contribution in [3.8, 4) is 0 Å². The number of amides is 2. The van der Waals surface area contributed by atoms with Crippen LogP contribution in [0.2, 0.25) is 0 Å². The summed E-state index contributed by atoms with van der Waals surface area (Å²) in [6, 6.07) is 10.1. The third-order valence-electron chi connectivity index (χ3n) is 4.46. The maximum atomic E-state index is 12.0. The molecule has 1 aromatic rings. The second-order valence-corrected chi connectivity index (χ2v) is 6.41. The van der Waals surface area contributed by atoms with Gasteiger partial charge in [0.05, 0.1) is 0 Å². The van der Waals surface area contributed by atoms with Crippen LogP contribution in [0.5, 0.6) is 0 Å². The van der Waals surface area contributed by atoms with E-state index in [-0.39, 0.29) is 17.7 Å². The molecule has 4 heteroatoms. The fourth-order valence-corrected chi connectivity index (χ4v) is 3.02. The Kier molecular flexibility index (Phi) is 7.11. The third kappa shape index (κ3) is 6.05. The van der Waals surface area contributed by atoms with E-state index in [0.29, 0.717) is 19.4 Å². The van der Waals surface area contributed by atoms with Crippen molar-refractivity contribution in [3.05, 3.63) is 35.9 Å². The molecule has 2 rings (SSSR count). The highest BCUT2D eigenvalue weighted by Crippen LogP contribution is 2.18. The van der Waals surface area contributed by atoms with Crippen LogP contribution < -0.4 is 5.32 Å². The average Bonchev–Trinajstić information content (AvgIpc) is 2.77. The molecule has 126 valence electrons. The molecule has 0 spiro atoms. The van der Waals surface area contributed by atoms with Crippen LogP contribution >= 0.6 is 0 Å². The standard InChI is InChI=1S/C19H28N2O2/c1-16(17-9-4-2-5-10-17)15-18(22)20-12-8-14-21-13-7-3-6-11-19(21)23/h2,4-5,9-10,16H,3,6-8,11-15H2,1H3,(H,20,22). The number of benzene rings is 1. The number of nitrogens with one attached hydrogen (secondary N) is 1. The van der Waals surface area contributed by atoms with Gasteiger partial charge in [-0.2, -0.15) is 0 Å². The summed E-state index contributed by atoms with van der Waals surface area (Å²) in [7, 11) is 0. The van der Waals surface area contributed by atoms with Gasteiger partial charge in [-0.3, -0.25) is 9.59 Å². The SMILES string of the molecule is CC(CC(=O)NCCCN1CCCCCC1=O)c1ccccc1. The normalized spacial score (nSPS) is 16.7. The first-order valence-electron chi connectivity index (χ1n) is 8.76. The van der Waals surface area contributed by atoms with Gasteiger partial charge < -0.3 is 10.2 Å². The van der Waals surface area contributed by atoms with Crippen molar-refractivity contribution in [3.63, 3.8) is 0 Å². The molecular formula is C19H28N2O2. The Morgan fingerprint density at radius 3 is 2.78 bits per heavy atom. The fraction of sp³-hybridized carbons (Fsp3) is 0.579. The average molecular weight is 316 g/mol. The number of hydrogen-bond donors (Lipinski definition) is 1. The van der Waals surface area contributed by atoms with Crippen LogP contribution in [0, 0.1) is 0 Å². The zero-order chi connectivity index (χ0) is 16.5. The molecule has 1 aliphatic rings. The van der Waals surface area contributed by atoms with Gasteiger partial charge in [0, 0.05) is 32.5 Å². The minimum absolute atomic E-state index is 0.0866. The number of nitrogens with zero attached hydrogens (tertiary/aromatic N) is 1. The highest BCUT2D eigenvalue weighted by atomic mass is 16.2. The molecule has 0 saturated carbocycles. The lowest BCUT2D eigenvalue weighted by atomic mass is 9.97. The van der Waals surface area contributed by atoms with Gasteiger partial charge in [-0.25, -0.2) is 0 Å². The highest BCUT2D eigenvalue weighted by molar-refractivity contribution is 5.77. The van der Waals surface area contributed by atoms with E-state index in [1.807, 2.05) is 23.1 Å². The molecule has 0 radical (unpaired) electrons. The van der Waals surface area contributed by atoms with Crippen molar-refractivity contribution < 1.29 is 9.59 Å². The summed E-state index contributed by atoms with van der Waals surface area (Å²) >= 11 is 0. The summed E-state index contributed by atoms with van der Waals surface area (Å²) in [6.07, 6.45) is 5.29. The number of likely N-dealkylation sites (tertiary alicyclic amines) is 1. The Labute approximate surface area is 139 Å². The van der Waals surface area contributed by atoms with E-state index in [9.17, 15) is 9.59 Å². The summed E-state index contributed by atoms with van der Waals surface area (Å²) in [5.41, 5.74) is 1.19. The molecule has 1 aliphatic heterocycles. The number of carbonyl (C=O) groups is 2. The van der Waals surface area contributed by atoms with E-state index < -0.39 is 0 Å². The molecule has 1 heterocycles. The Morgan fingerprint density at radius 2 is 2.00 bits per heavy atom. The van der Waals surface area contributed by atoms with Crippen molar-refractivity contribution in [2.24, 2.45) is 0 Å². The lowest BCUT2D eigenvalue weighted by Gasteiger charge is -2.20. The van der Waals surface area contributed by atoms with E-state index in [1.165, 1.54) is 5.56 Å². The van der Waals surface area contributed by atoms with E-state index in [4.69, 9.17) is 0 Å². The predicted molar refractivity (Wildman–Crippen MR) is 92.1 cm³/mol.